The fourth-order valence-corrected chi connectivity index (χ4v) is 2.20. The summed E-state index contributed by atoms with van der Waals surface area (Å²) in [5.41, 5.74) is 0. The molecule has 0 aromatic heterocycles. The van der Waals surface area contributed by atoms with Crippen molar-refractivity contribution in [1.82, 2.24) is 15.5 Å². The van der Waals surface area contributed by atoms with Gasteiger partial charge >= 0.3 is 0 Å². The van der Waals surface area contributed by atoms with Crippen molar-refractivity contribution in [3.05, 3.63) is 0 Å². The van der Waals surface area contributed by atoms with Gasteiger partial charge in [0.2, 0.25) is 0 Å². The van der Waals surface area contributed by atoms with Crippen molar-refractivity contribution in [2.75, 3.05) is 32.7 Å². The first kappa shape index (κ1) is 12.9. The molecule has 0 atom stereocenters. The topological polar surface area (TPSA) is 29.4 Å². The average molecular weight is 212 g/mol. The van der Waals surface area contributed by atoms with Gasteiger partial charge in [-0.2, -0.15) is 0 Å². The molecule has 1 fully saturated rings. The number of hydrogen-bond donors (Lipinski definition) is 1. The SMILES string of the molecule is CCN(CCNC(C)C)C1CC[N]CC1. The Hall–Kier alpha value is -0.120. The van der Waals surface area contributed by atoms with Gasteiger partial charge in [0.25, 0.3) is 0 Å². The summed E-state index contributed by atoms with van der Waals surface area (Å²) >= 11 is 0. The van der Waals surface area contributed by atoms with Crippen LogP contribution in [0.25, 0.3) is 0 Å². The van der Waals surface area contributed by atoms with Gasteiger partial charge in [0, 0.05) is 38.3 Å². The summed E-state index contributed by atoms with van der Waals surface area (Å²) in [7, 11) is 0. The Balaban J connectivity index is 2.21. The number of piperidine rings is 1. The minimum Gasteiger partial charge on any atom is -0.313 e. The molecule has 1 saturated heterocycles. The van der Waals surface area contributed by atoms with Gasteiger partial charge in [0.15, 0.2) is 0 Å². The number of hydrogen-bond acceptors (Lipinski definition) is 2. The molecule has 1 aliphatic heterocycles. The highest BCUT2D eigenvalue weighted by Crippen LogP contribution is 2.11. The molecule has 0 aliphatic carbocycles. The Morgan fingerprint density at radius 2 is 2.00 bits per heavy atom. The Bertz CT molecular complexity index is 153. The van der Waals surface area contributed by atoms with Gasteiger partial charge in [0.1, 0.15) is 0 Å². The molecule has 1 N–H and O–H groups in total. The summed E-state index contributed by atoms with van der Waals surface area (Å²) in [6.07, 6.45) is 2.52. The zero-order valence-corrected chi connectivity index (χ0v) is 10.5. The third-order valence-corrected chi connectivity index (χ3v) is 3.12. The van der Waals surface area contributed by atoms with E-state index in [1.807, 2.05) is 0 Å². The summed E-state index contributed by atoms with van der Waals surface area (Å²) < 4.78 is 0. The summed E-state index contributed by atoms with van der Waals surface area (Å²) in [4.78, 5) is 2.60. The van der Waals surface area contributed by atoms with E-state index in [0.29, 0.717) is 6.04 Å². The van der Waals surface area contributed by atoms with Crippen molar-refractivity contribution in [2.24, 2.45) is 0 Å². The first-order valence-corrected chi connectivity index (χ1v) is 6.34. The van der Waals surface area contributed by atoms with Crippen LogP contribution in [-0.4, -0.2) is 49.7 Å². The summed E-state index contributed by atoms with van der Waals surface area (Å²) in [5.74, 6) is 0. The smallest absolute Gasteiger partial charge is 0.0148 e. The Morgan fingerprint density at radius 3 is 2.53 bits per heavy atom. The predicted molar refractivity (Wildman–Crippen MR) is 65.3 cm³/mol. The van der Waals surface area contributed by atoms with Crippen LogP contribution < -0.4 is 10.6 Å². The lowest BCUT2D eigenvalue weighted by Crippen LogP contribution is -2.44. The maximum absolute atomic E-state index is 4.41. The molecule has 0 spiro atoms. The van der Waals surface area contributed by atoms with Crippen molar-refractivity contribution in [1.29, 1.82) is 0 Å². The molecule has 1 heterocycles. The van der Waals surface area contributed by atoms with Gasteiger partial charge in [-0.05, 0) is 19.4 Å². The number of nitrogens with one attached hydrogen (secondary N) is 1. The molecule has 15 heavy (non-hydrogen) atoms. The molecule has 0 aromatic rings. The molecule has 3 heteroatoms. The molecule has 0 bridgehead atoms. The van der Waals surface area contributed by atoms with Crippen LogP contribution in [-0.2, 0) is 0 Å². The van der Waals surface area contributed by atoms with Gasteiger partial charge in [0.05, 0.1) is 0 Å². The summed E-state index contributed by atoms with van der Waals surface area (Å²) in [5, 5.41) is 7.89. The van der Waals surface area contributed by atoms with Crippen LogP contribution in [0, 0.1) is 0 Å². The van der Waals surface area contributed by atoms with Gasteiger partial charge in [-0.25, -0.2) is 5.32 Å². The molecular weight excluding hydrogens is 186 g/mol. The summed E-state index contributed by atoms with van der Waals surface area (Å²) in [6.45, 7) is 12.3. The highest BCUT2D eigenvalue weighted by atomic mass is 15.2. The number of likely N-dealkylation sites (N-methyl/N-ethyl adjacent to an activating group) is 1. The molecule has 1 rings (SSSR count). The molecular formula is C12H26N3. The summed E-state index contributed by atoms with van der Waals surface area (Å²) in [6, 6.07) is 1.38. The lowest BCUT2D eigenvalue weighted by atomic mass is 10.0. The molecule has 0 unspecified atom stereocenters. The van der Waals surface area contributed by atoms with E-state index in [1.54, 1.807) is 0 Å². The van der Waals surface area contributed by atoms with E-state index in [2.05, 4.69) is 36.3 Å². The minimum absolute atomic E-state index is 0.602. The highest BCUT2D eigenvalue weighted by Gasteiger charge is 2.19. The van der Waals surface area contributed by atoms with Crippen molar-refractivity contribution >= 4 is 0 Å². The van der Waals surface area contributed by atoms with Gasteiger partial charge < -0.3 is 5.32 Å². The predicted octanol–water partition coefficient (Wildman–Crippen LogP) is 1.07. The van der Waals surface area contributed by atoms with Crippen LogP contribution in [0.3, 0.4) is 0 Å². The van der Waals surface area contributed by atoms with Crippen molar-refractivity contribution < 1.29 is 0 Å². The largest absolute Gasteiger partial charge is 0.313 e. The van der Waals surface area contributed by atoms with Crippen LogP contribution in [0.4, 0.5) is 0 Å². The first-order valence-electron chi connectivity index (χ1n) is 6.34. The first-order chi connectivity index (χ1) is 7.24. The second kappa shape index (κ2) is 7.20. The Morgan fingerprint density at radius 1 is 1.33 bits per heavy atom. The van der Waals surface area contributed by atoms with Crippen LogP contribution in [0.1, 0.15) is 33.6 Å². The zero-order chi connectivity index (χ0) is 11.1. The van der Waals surface area contributed by atoms with Crippen LogP contribution in [0.5, 0.6) is 0 Å². The zero-order valence-electron chi connectivity index (χ0n) is 10.5. The minimum atomic E-state index is 0.602. The van der Waals surface area contributed by atoms with E-state index in [1.165, 1.54) is 25.9 Å². The van der Waals surface area contributed by atoms with E-state index >= 15 is 0 Å². The fourth-order valence-electron chi connectivity index (χ4n) is 2.20. The molecule has 1 radical (unpaired) electrons. The lowest BCUT2D eigenvalue weighted by Gasteiger charge is -2.33. The normalized spacial score (nSPS) is 19.0. The standard InChI is InChI=1S/C12H26N3/c1-4-15(10-9-14-11(2)3)12-5-7-13-8-6-12/h11-12,14H,4-10H2,1-3H3. The van der Waals surface area contributed by atoms with Crippen LogP contribution in [0.15, 0.2) is 0 Å². The van der Waals surface area contributed by atoms with Gasteiger partial charge in [-0.15, -0.1) is 0 Å². The van der Waals surface area contributed by atoms with E-state index in [0.717, 1.165) is 25.7 Å². The fraction of sp³-hybridized carbons (Fsp3) is 1.00. The quantitative estimate of drug-likeness (QED) is 0.714. The van der Waals surface area contributed by atoms with E-state index in [-0.39, 0.29) is 0 Å². The third-order valence-electron chi connectivity index (χ3n) is 3.12. The maximum Gasteiger partial charge on any atom is 0.0148 e. The molecule has 0 aromatic carbocycles. The maximum atomic E-state index is 4.41. The second-order valence-corrected chi connectivity index (χ2v) is 4.64. The monoisotopic (exact) mass is 212 g/mol. The van der Waals surface area contributed by atoms with E-state index < -0.39 is 0 Å². The van der Waals surface area contributed by atoms with E-state index in [4.69, 9.17) is 0 Å². The molecule has 0 saturated carbocycles. The van der Waals surface area contributed by atoms with Crippen molar-refractivity contribution in [2.45, 2.75) is 45.7 Å². The van der Waals surface area contributed by atoms with Crippen LogP contribution >= 0.6 is 0 Å². The Labute approximate surface area is 94.6 Å². The molecule has 1 aliphatic rings. The average Bonchev–Trinajstić information content (AvgIpc) is 2.25. The number of nitrogens with zero attached hydrogens (tertiary/aromatic N) is 2. The van der Waals surface area contributed by atoms with Crippen LogP contribution in [0.2, 0.25) is 0 Å². The molecule has 3 nitrogen and oxygen atoms in total. The van der Waals surface area contributed by atoms with Crippen molar-refractivity contribution in [3.8, 4) is 0 Å². The number of rotatable bonds is 6. The van der Waals surface area contributed by atoms with Gasteiger partial charge in [-0.3, -0.25) is 4.90 Å². The molecule has 0 amide bonds. The third kappa shape index (κ3) is 4.96. The second-order valence-electron chi connectivity index (χ2n) is 4.64. The van der Waals surface area contributed by atoms with Crippen molar-refractivity contribution in [3.63, 3.8) is 0 Å². The Kier molecular flexibility index (Phi) is 6.22. The van der Waals surface area contributed by atoms with E-state index in [9.17, 15) is 0 Å². The highest BCUT2D eigenvalue weighted by molar-refractivity contribution is 4.77. The van der Waals surface area contributed by atoms with Gasteiger partial charge in [-0.1, -0.05) is 20.8 Å². The lowest BCUT2D eigenvalue weighted by molar-refractivity contribution is 0.168. The molecule has 89 valence electrons.